The molecular weight excluding hydrogens is 590 g/mol. The summed E-state index contributed by atoms with van der Waals surface area (Å²) in [7, 11) is 3.19. The van der Waals surface area contributed by atoms with Crippen molar-refractivity contribution in [3.05, 3.63) is 10.6 Å². The normalized spacial score (nSPS) is 17.8. The monoisotopic (exact) mass is 618 g/mol. The van der Waals surface area contributed by atoms with E-state index in [4.69, 9.17) is 0 Å². The van der Waals surface area contributed by atoms with Crippen molar-refractivity contribution in [2.45, 2.75) is 64.2 Å². The molecule has 0 unspecified atom stereocenters. The summed E-state index contributed by atoms with van der Waals surface area (Å²) in [6, 6.07) is 0. The van der Waals surface area contributed by atoms with E-state index < -0.39 is 0 Å². The first-order valence-electron chi connectivity index (χ1n) is 7.96. The molecule has 2 rings (SSSR count). The van der Waals surface area contributed by atoms with Crippen molar-refractivity contribution >= 4 is 11.8 Å². The minimum absolute atomic E-state index is 0. The molecule has 0 N–H and O–H groups in total. The van der Waals surface area contributed by atoms with E-state index in [-0.39, 0.29) is 83.5 Å². The van der Waals surface area contributed by atoms with Crippen LogP contribution in [0, 0.1) is 11.8 Å². The van der Waals surface area contributed by atoms with Gasteiger partial charge in [-0.25, -0.2) is 0 Å². The van der Waals surface area contributed by atoms with Crippen LogP contribution in [0.15, 0.2) is 0 Å². The molecule has 0 aromatic rings. The first kappa shape index (κ1) is 28.6. The van der Waals surface area contributed by atoms with Gasteiger partial charge in [0.05, 0.1) is 11.8 Å². The largest absolute Gasteiger partial charge is 4.00 e. The molecule has 23 heavy (non-hydrogen) atoms. The van der Waals surface area contributed by atoms with E-state index in [1.54, 1.807) is 14.1 Å². The molecule has 0 spiro atoms. The molecule has 0 atom stereocenters. The zero-order valence-electron chi connectivity index (χ0n) is 14.2. The van der Waals surface area contributed by atoms with Crippen LogP contribution in [0.2, 0.25) is 0 Å². The summed E-state index contributed by atoms with van der Waals surface area (Å²) in [6.45, 7) is 0. The molecule has 0 aromatic carbocycles. The number of rotatable bonds is 2. The van der Waals surface area contributed by atoms with Gasteiger partial charge in [-0.1, -0.05) is 38.5 Å². The fourth-order valence-corrected chi connectivity index (χ4v) is 3.06. The molecule has 0 saturated heterocycles. The topological polar surface area (TPSA) is 62.3 Å². The first-order chi connectivity index (χ1) is 9.69. The Balaban J connectivity index is -0.000000308. The quantitative estimate of drug-likeness (QED) is 0.343. The van der Waals surface area contributed by atoms with Crippen LogP contribution < -0.4 is 34.0 Å². The fourth-order valence-electron chi connectivity index (χ4n) is 3.06. The molecule has 2 aliphatic rings. The van der Waals surface area contributed by atoms with Crippen LogP contribution in [0.5, 0.6) is 0 Å². The average molecular weight is 619 g/mol. The number of carbonyl (C=O) groups is 2. The van der Waals surface area contributed by atoms with Gasteiger partial charge in [0.1, 0.15) is 0 Å². The van der Waals surface area contributed by atoms with E-state index in [0.717, 1.165) is 25.7 Å². The molecule has 0 aromatic heterocycles. The van der Waals surface area contributed by atoms with Gasteiger partial charge in [0.25, 0.3) is 0 Å². The van der Waals surface area contributed by atoms with E-state index in [2.05, 4.69) is 10.6 Å². The van der Waals surface area contributed by atoms with Crippen LogP contribution >= 0.6 is 0 Å². The van der Waals surface area contributed by atoms with Gasteiger partial charge in [-0.3, -0.25) is 0 Å². The van der Waals surface area contributed by atoms with Crippen LogP contribution in [-0.2, 0) is 35.4 Å². The molecule has 2 amide bonds. The summed E-state index contributed by atoms with van der Waals surface area (Å²) < 4.78 is 0. The summed E-state index contributed by atoms with van der Waals surface area (Å²) >= 11 is 0. The summed E-state index contributed by atoms with van der Waals surface area (Å²) in [5, 5.41) is 7.35. The minimum atomic E-state index is 0. The maximum atomic E-state index is 11.0. The fraction of sp³-hybridized carbons (Fsp3) is 0.875. The summed E-state index contributed by atoms with van der Waals surface area (Å²) in [6.07, 6.45) is 11.7. The summed E-state index contributed by atoms with van der Waals surface area (Å²) in [5.74, 6) is 0.747. The molecular formula is C16H28Br2HfN2O2. The Labute approximate surface area is 181 Å². The molecule has 2 aliphatic carbocycles. The molecule has 7 heteroatoms. The van der Waals surface area contributed by atoms with E-state index in [1.165, 1.54) is 38.5 Å². The van der Waals surface area contributed by atoms with Crippen LogP contribution in [0.25, 0.3) is 10.6 Å². The number of hydrogen-bond donors (Lipinski definition) is 0. The van der Waals surface area contributed by atoms with Crippen LogP contribution in [0.4, 0.5) is 0 Å². The molecule has 0 aliphatic heterocycles. The van der Waals surface area contributed by atoms with E-state index in [1.807, 2.05) is 0 Å². The molecule has 0 radical (unpaired) electrons. The van der Waals surface area contributed by atoms with Gasteiger partial charge in [0, 0.05) is 11.8 Å². The second kappa shape index (κ2) is 17.6. The third-order valence-electron chi connectivity index (χ3n) is 4.35. The molecule has 4 nitrogen and oxygen atoms in total. The van der Waals surface area contributed by atoms with Crippen LogP contribution in [0.1, 0.15) is 64.2 Å². The Kier molecular flexibility index (Phi) is 21.8. The van der Waals surface area contributed by atoms with Crippen LogP contribution in [-0.4, -0.2) is 25.9 Å². The molecule has 2 fully saturated rings. The van der Waals surface area contributed by atoms with Crippen molar-refractivity contribution < 1.29 is 69.4 Å². The maximum absolute atomic E-state index is 11.0. The van der Waals surface area contributed by atoms with Gasteiger partial charge in [-0.2, -0.15) is 0 Å². The SMILES string of the molecule is C[N-]C(=O)C1CCCCC1.C[N-]C(=O)C1CCCCC1.[Br-].[Br-].[Hf+4]. The number of hydrogen-bond acceptors (Lipinski definition) is 2. The predicted molar refractivity (Wildman–Crippen MR) is 81.7 cm³/mol. The number of nitrogens with zero attached hydrogens (tertiary/aromatic N) is 2. The Bertz CT molecular complexity index is 278. The molecule has 2 saturated carbocycles. The summed E-state index contributed by atoms with van der Waals surface area (Å²) in [4.78, 5) is 22.0. The van der Waals surface area contributed by atoms with Crippen molar-refractivity contribution in [2.75, 3.05) is 14.1 Å². The van der Waals surface area contributed by atoms with E-state index >= 15 is 0 Å². The Morgan fingerprint density at radius 1 is 0.652 bits per heavy atom. The second-order valence-corrected chi connectivity index (χ2v) is 5.79. The van der Waals surface area contributed by atoms with E-state index in [0.29, 0.717) is 0 Å². The third-order valence-corrected chi connectivity index (χ3v) is 4.35. The molecule has 132 valence electrons. The van der Waals surface area contributed by atoms with Gasteiger partial charge in [0.15, 0.2) is 0 Å². The number of amides is 2. The van der Waals surface area contributed by atoms with Gasteiger partial charge in [-0.15, -0.1) is 14.1 Å². The number of halogens is 2. The van der Waals surface area contributed by atoms with Crippen molar-refractivity contribution in [1.29, 1.82) is 0 Å². The molecule has 0 heterocycles. The minimum Gasteiger partial charge on any atom is -1.00 e. The summed E-state index contributed by atoms with van der Waals surface area (Å²) in [5.41, 5.74) is 0. The van der Waals surface area contributed by atoms with Gasteiger partial charge < -0.3 is 54.2 Å². The van der Waals surface area contributed by atoms with E-state index in [9.17, 15) is 9.59 Å². The third kappa shape index (κ3) is 11.9. The zero-order chi connectivity index (χ0) is 14.8. The smallest absolute Gasteiger partial charge is 1.00 e. The zero-order valence-corrected chi connectivity index (χ0v) is 21.0. The van der Waals surface area contributed by atoms with Gasteiger partial charge in [-0.05, 0) is 25.7 Å². The van der Waals surface area contributed by atoms with Gasteiger partial charge in [0.2, 0.25) is 0 Å². The Hall–Kier alpha value is 0.770. The average Bonchev–Trinajstić information content (AvgIpc) is 2.55. The first-order valence-corrected chi connectivity index (χ1v) is 7.96. The van der Waals surface area contributed by atoms with Crippen LogP contribution in [0.3, 0.4) is 0 Å². The van der Waals surface area contributed by atoms with Crippen molar-refractivity contribution in [1.82, 2.24) is 0 Å². The van der Waals surface area contributed by atoms with Crippen molar-refractivity contribution in [3.8, 4) is 0 Å². The van der Waals surface area contributed by atoms with Crippen molar-refractivity contribution in [3.63, 3.8) is 0 Å². The predicted octanol–water partition coefficient (Wildman–Crippen LogP) is -1.80. The van der Waals surface area contributed by atoms with Gasteiger partial charge >= 0.3 is 25.8 Å². The maximum Gasteiger partial charge on any atom is 4.00 e. The number of carbonyl (C=O) groups excluding carboxylic acids is 2. The standard InChI is InChI=1S/2C8H15NO.2BrH.Hf/c2*1-9-8(10)7-5-3-2-4-6-7;;;/h2*7H,2-6H2,1H3,(H,9,10);2*1H;/q;;;;+4/p-4. The second-order valence-electron chi connectivity index (χ2n) is 5.79. The molecule has 0 bridgehead atoms. The van der Waals surface area contributed by atoms with Crippen molar-refractivity contribution in [2.24, 2.45) is 11.8 Å². The Morgan fingerprint density at radius 2 is 0.913 bits per heavy atom. The Morgan fingerprint density at radius 3 is 1.13 bits per heavy atom.